The number of rotatable bonds is 4. The van der Waals surface area contributed by atoms with Crippen LogP contribution in [0.25, 0.3) is 10.8 Å². The van der Waals surface area contributed by atoms with Gasteiger partial charge in [-0.25, -0.2) is 9.78 Å². The standard InChI is InChI=1S/C18H22N2O3/c1-18(2,3)9-7-15(21)20-16-14-6-5-13(17(22)23-4)11-12(14)8-10-19-16/h5-6,8,10-11H,7,9H2,1-4H3,(H,19,20,21). The molecule has 2 rings (SSSR count). The van der Waals surface area contributed by atoms with E-state index < -0.39 is 0 Å². The third-order valence-corrected chi connectivity index (χ3v) is 3.55. The monoisotopic (exact) mass is 314 g/mol. The lowest BCUT2D eigenvalue weighted by molar-refractivity contribution is -0.116. The highest BCUT2D eigenvalue weighted by Crippen LogP contribution is 2.24. The zero-order valence-electron chi connectivity index (χ0n) is 14.0. The van der Waals surface area contributed by atoms with E-state index in [1.807, 2.05) is 0 Å². The number of anilines is 1. The maximum absolute atomic E-state index is 12.1. The van der Waals surface area contributed by atoms with Gasteiger partial charge >= 0.3 is 5.97 Å². The molecule has 1 N–H and O–H groups in total. The summed E-state index contributed by atoms with van der Waals surface area (Å²) in [5.74, 6) is 0.0641. The number of benzene rings is 1. The van der Waals surface area contributed by atoms with Gasteiger partial charge in [0.1, 0.15) is 5.82 Å². The number of carbonyl (C=O) groups excluding carboxylic acids is 2. The summed E-state index contributed by atoms with van der Waals surface area (Å²) in [6.07, 6.45) is 2.86. The zero-order valence-corrected chi connectivity index (χ0v) is 14.0. The molecule has 0 spiro atoms. The number of nitrogens with one attached hydrogen (secondary N) is 1. The van der Waals surface area contributed by atoms with Crippen molar-refractivity contribution in [3.63, 3.8) is 0 Å². The maximum Gasteiger partial charge on any atom is 0.337 e. The highest BCUT2D eigenvalue weighted by atomic mass is 16.5. The molecule has 0 saturated heterocycles. The van der Waals surface area contributed by atoms with Crippen LogP contribution in [0.3, 0.4) is 0 Å². The molecule has 1 amide bonds. The van der Waals surface area contributed by atoms with Crippen LogP contribution in [0.4, 0.5) is 5.82 Å². The summed E-state index contributed by atoms with van der Waals surface area (Å²) in [5, 5.41) is 4.48. The molecule has 5 nitrogen and oxygen atoms in total. The highest BCUT2D eigenvalue weighted by molar-refractivity contribution is 6.02. The van der Waals surface area contributed by atoms with Gasteiger partial charge in [-0.3, -0.25) is 4.79 Å². The van der Waals surface area contributed by atoms with Crippen molar-refractivity contribution >= 4 is 28.5 Å². The molecule has 1 aromatic heterocycles. The van der Waals surface area contributed by atoms with Crippen LogP contribution in [0.5, 0.6) is 0 Å². The van der Waals surface area contributed by atoms with Crippen molar-refractivity contribution in [2.75, 3.05) is 12.4 Å². The van der Waals surface area contributed by atoms with Crippen LogP contribution in [-0.2, 0) is 9.53 Å². The molecule has 0 aliphatic carbocycles. The Morgan fingerprint density at radius 2 is 1.96 bits per heavy atom. The highest BCUT2D eigenvalue weighted by Gasteiger charge is 2.14. The fourth-order valence-corrected chi connectivity index (χ4v) is 2.21. The van der Waals surface area contributed by atoms with Gasteiger partial charge in [-0.1, -0.05) is 20.8 Å². The molecular formula is C18H22N2O3. The summed E-state index contributed by atoms with van der Waals surface area (Å²) in [6.45, 7) is 6.31. The van der Waals surface area contributed by atoms with Crippen molar-refractivity contribution in [1.82, 2.24) is 4.98 Å². The van der Waals surface area contributed by atoms with Crippen molar-refractivity contribution in [2.45, 2.75) is 33.6 Å². The van der Waals surface area contributed by atoms with Gasteiger partial charge in [0.25, 0.3) is 0 Å². The van der Waals surface area contributed by atoms with Gasteiger partial charge in [-0.2, -0.15) is 0 Å². The second-order valence-electron chi connectivity index (χ2n) is 6.70. The van der Waals surface area contributed by atoms with Gasteiger partial charge in [0.05, 0.1) is 12.7 Å². The first kappa shape index (κ1) is 16.9. The van der Waals surface area contributed by atoms with Crippen molar-refractivity contribution < 1.29 is 14.3 Å². The van der Waals surface area contributed by atoms with E-state index in [9.17, 15) is 9.59 Å². The number of aromatic nitrogens is 1. The molecule has 1 aromatic carbocycles. The molecule has 0 fully saturated rings. The molecule has 0 bridgehead atoms. The number of amides is 1. The number of nitrogens with zero attached hydrogens (tertiary/aromatic N) is 1. The minimum absolute atomic E-state index is 0.0584. The van der Waals surface area contributed by atoms with Crippen LogP contribution < -0.4 is 5.32 Å². The molecule has 5 heteroatoms. The lowest BCUT2D eigenvalue weighted by Gasteiger charge is -2.17. The Kier molecular flexibility index (Phi) is 4.98. The van der Waals surface area contributed by atoms with Crippen LogP contribution in [0.1, 0.15) is 44.0 Å². The summed E-state index contributed by atoms with van der Waals surface area (Å²) in [7, 11) is 1.35. The zero-order chi connectivity index (χ0) is 17.0. The van der Waals surface area contributed by atoms with E-state index in [1.165, 1.54) is 7.11 Å². The summed E-state index contributed by atoms with van der Waals surface area (Å²) in [4.78, 5) is 27.9. The minimum Gasteiger partial charge on any atom is -0.465 e. The molecule has 0 aliphatic heterocycles. The van der Waals surface area contributed by atoms with Gasteiger partial charge in [-0.05, 0) is 41.5 Å². The number of carbonyl (C=O) groups is 2. The summed E-state index contributed by atoms with van der Waals surface area (Å²) in [5.41, 5.74) is 0.579. The summed E-state index contributed by atoms with van der Waals surface area (Å²) < 4.78 is 4.72. The molecular weight excluding hydrogens is 292 g/mol. The number of esters is 1. The molecule has 2 aromatic rings. The second-order valence-corrected chi connectivity index (χ2v) is 6.70. The van der Waals surface area contributed by atoms with Crippen LogP contribution >= 0.6 is 0 Å². The minimum atomic E-state index is -0.389. The Morgan fingerprint density at radius 1 is 1.22 bits per heavy atom. The maximum atomic E-state index is 12.1. The number of hydrogen-bond donors (Lipinski definition) is 1. The van der Waals surface area contributed by atoms with Crippen molar-refractivity contribution in [3.05, 3.63) is 36.0 Å². The first-order chi connectivity index (χ1) is 10.8. The summed E-state index contributed by atoms with van der Waals surface area (Å²) in [6, 6.07) is 6.97. The fraction of sp³-hybridized carbons (Fsp3) is 0.389. The quantitative estimate of drug-likeness (QED) is 0.872. The summed E-state index contributed by atoms with van der Waals surface area (Å²) >= 11 is 0. The molecule has 1 heterocycles. The number of hydrogen-bond acceptors (Lipinski definition) is 4. The first-order valence-electron chi connectivity index (χ1n) is 7.57. The predicted octanol–water partition coefficient (Wildman–Crippen LogP) is 3.79. The lowest BCUT2D eigenvalue weighted by atomic mass is 9.90. The van der Waals surface area contributed by atoms with Crippen LogP contribution in [0, 0.1) is 5.41 Å². The lowest BCUT2D eigenvalue weighted by Crippen LogP contribution is -2.16. The molecule has 0 radical (unpaired) electrons. The van der Waals surface area contributed by atoms with Crippen LogP contribution in [-0.4, -0.2) is 24.0 Å². The van der Waals surface area contributed by atoms with Crippen LogP contribution in [0.15, 0.2) is 30.5 Å². The third-order valence-electron chi connectivity index (χ3n) is 3.55. The molecule has 0 saturated carbocycles. The normalized spacial score (nSPS) is 11.3. The second kappa shape index (κ2) is 6.77. The van der Waals surface area contributed by atoms with Gasteiger partial charge in [0.15, 0.2) is 0 Å². The fourth-order valence-electron chi connectivity index (χ4n) is 2.21. The van der Waals surface area contributed by atoms with E-state index >= 15 is 0 Å². The SMILES string of the molecule is COC(=O)c1ccc2c(NC(=O)CCC(C)(C)C)nccc2c1. The Balaban J connectivity index is 2.21. The smallest absolute Gasteiger partial charge is 0.337 e. The molecule has 23 heavy (non-hydrogen) atoms. The van der Waals surface area contributed by atoms with E-state index in [2.05, 4.69) is 31.1 Å². The van der Waals surface area contributed by atoms with Crippen LogP contribution in [0.2, 0.25) is 0 Å². The Bertz CT molecular complexity index is 733. The topological polar surface area (TPSA) is 68.3 Å². The van der Waals surface area contributed by atoms with E-state index in [0.29, 0.717) is 17.8 Å². The van der Waals surface area contributed by atoms with Crippen molar-refractivity contribution in [2.24, 2.45) is 5.41 Å². The van der Waals surface area contributed by atoms with E-state index in [0.717, 1.165) is 17.2 Å². The van der Waals surface area contributed by atoms with Crippen molar-refractivity contribution in [3.8, 4) is 0 Å². The molecule has 0 unspecified atom stereocenters. The van der Waals surface area contributed by atoms with Gasteiger partial charge in [-0.15, -0.1) is 0 Å². The average Bonchev–Trinajstić information content (AvgIpc) is 2.51. The third kappa shape index (κ3) is 4.52. The predicted molar refractivity (Wildman–Crippen MR) is 90.4 cm³/mol. The van der Waals surface area contributed by atoms with E-state index in [-0.39, 0.29) is 17.3 Å². The number of fused-ring (bicyclic) bond motifs is 1. The Morgan fingerprint density at radius 3 is 2.61 bits per heavy atom. The number of methoxy groups -OCH3 is 1. The van der Waals surface area contributed by atoms with Gasteiger partial charge < -0.3 is 10.1 Å². The Hall–Kier alpha value is -2.43. The Labute approximate surface area is 136 Å². The first-order valence-corrected chi connectivity index (χ1v) is 7.57. The van der Waals surface area contributed by atoms with E-state index in [4.69, 9.17) is 4.74 Å². The van der Waals surface area contributed by atoms with E-state index in [1.54, 1.807) is 30.5 Å². The molecule has 0 aliphatic rings. The van der Waals surface area contributed by atoms with Gasteiger partial charge in [0.2, 0.25) is 5.91 Å². The molecule has 122 valence electrons. The molecule has 0 atom stereocenters. The van der Waals surface area contributed by atoms with Gasteiger partial charge in [0, 0.05) is 18.0 Å². The number of ether oxygens (including phenoxy) is 1. The van der Waals surface area contributed by atoms with Crippen molar-refractivity contribution in [1.29, 1.82) is 0 Å². The number of pyridine rings is 1. The average molecular weight is 314 g/mol. The largest absolute Gasteiger partial charge is 0.465 e.